The van der Waals surface area contributed by atoms with E-state index in [9.17, 15) is 0 Å². The first kappa shape index (κ1) is 17.1. The third kappa shape index (κ3) is 7.00. The molecule has 0 saturated carbocycles. The van der Waals surface area contributed by atoms with Gasteiger partial charge in [0.15, 0.2) is 5.82 Å². The molecule has 0 aliphatic carbocycles. The van der Waals surface area contributed by atoms with Gasteiger partial charge in [-0.25, -0.2) is 9.97 Å². The number of rotatable bonds is 10. The first-order valence-corrected chi connectivity index (χ1v) is 7.06. The van der Waals surface area contributed by atoms with Gasteiger partial charge in [-0.1, -0.05) is 11.6 Å². The first-order chi connectivity index (χ1) is 9.65. The Morgan fingerprint density at radius 1 is 1.35 bits per heavy atom. The molecular weight excluding hydrogens is 280 g/mol. The van der Waals surface area contributed by atoms with Crippen LogP contribution >= 0.6 is 11.6 Å². The highest BCUT2D eigenvalue weighted by atomic mass is 35.5. The van der Waals surface area contributed by atoms with Crippen LogP contribution in [0.15, 0.2) is 6.07 Å². The summed E-state index contributed by atoms with van der Waals surface area (Å²) in [5, 5.41) is 3.66. The number of methoxy groups -OCH3 is 1. The van der Waals surface area contributed by atoms with Gasteiger partial charge in [0, 0.05) is 39.4 Å². The molecule has 0 saturated heterocycles. The Morgan fingerprint density at radius 3 is 2.85 bits per heavy atom. The van der Waals surface area contributed by atoms with Crippen molar-refractivity contribution in [3.63, 3.8) is 0 Å². The second-order valence-electron chi connectivity index (χ2n) is 4.35. The van der Waals surface area contributed by atoms with E-state index in [4.69, 9.17) is 21.1 Å². The van der Waals surface area contributed by atoms with Crippen LogP contribution < -0.4 is 5.32 Å². The Morgan fingerprint density at radius 2 is 2.15 bits per heavy atom. The second kappa shape index (κ2) is 9.88. The molecule has 7 heteroatoms. The Labute approximate surface area is 125 Å². The van der Waals surface area contributed by atoms with Crippen LogP contribution in [0.5, 0.6) is 0 Å². The van der Waals surface area contributed by atoms with Crippen LogP contribution in [-0.4, -0.2) is 61.9 Å². The molecule has 1 heterocycles. The van der Waals surface area contributed by atoms with E-state index < -0.39 is 0 Å². The van der Waals surface area contributed by atoms with Gasteiger partial charge in [-0.2, -0.15) is 0 Å². The van der Waals surface area contributed by atoms with E-state index in [-0.39, 0.29) is 0 Å². The van der Waals surface area contributed by atoms with Crippen molar-refractivity contribution in [1.29, 1.82) is 0 Å². The molecule has 0 amide bonds. The lowest BCUT2D eigenvalue weighted by Gasteiger charge is -2.16. The fourth-order valence-corrected chi connectivity index (χ4v) is 1.75. The zero-order chi connectivity index (χ0) is 14.8. The monoisotopic (exact) mass is 302 g/mol. The van der Waals surface area contributed by atoms with Gasteiger partial charge in [0.2, 0.25) is 0 Å². The highest BCUT2D eigenvalue weighted by Gasteiger charge is 2.04. The molecule has 6 nitrogen and oxygen atoms in total. The molecule has 0 fully saturated rings. The Hall–Kier alpha value is -0.950. The molecule has 1 aromatic rings. The Kier molecular flexibility index (Phi) is 8.45. The predicted molar refractivity (Wildman–Crippen MR) is 80.2 cm³/mol. The summed E-state index contributed by atoms with van der Waals surface area (Å²) >= 11 is 5.97. The standard InChI is InChI=1S/C13H23ClN4O2/c1-4-20-10-13-16-11(14)9-12(17-13)15-5-6-18(2)7-8-19-3/h9H,4-8,10H2,1-3H3,(H,15,16,17). The molecule has 0 unspecified atom stereocenters. The van der Waals surface area contributed by atoms with Crippen molar-refractivity contribution in [3.05, 3.63) is 17.0 Å². The molecular formula is C13H23ClN4O2. The normalized spacial score (nSPS) is 11.1. The Bertz CT molecular complexity index is 393. The topological polar surface area (TPSA) is 59.5 Å². The molecule has 0 aliphatic rings. The molecule has 1 rings (SSSR count). The van der Waals surface area contributed by atoms with Crippen LogP contribution in [0.2, 0.25) is 5.15 Å². The van der Waals surface area contributed by atoms with Gasteiger partial charge in [0.05, 0.1) is 6.61 Å². The molecule has 0 aromatic carbocycles. The minimum atomic E-state index is 0.374. The highest BCUT2D eigenvalue weighted by Crippen LogP contribution is 2.11. The van der Waals surface area contributed by atoms with Crippen molar-refractivity contribution in [1.82, 2.24) is 14.9 Å². The van der Waals surface area contributed by atoms with Crippen LogP contribution in [0.25, 0.3) is 0 Å². The summed E-state index contributed by atoms with van der Waals surface area (Å²) in [7, 11) is 3.75. The van der Waals surface area contributed by atoms with Crippen LogP contribution in [0, 0.1) is 0 Å². The van der Waals surface area contributed by atoms with E-state index in [0.29, 0.717) is 24.2 Å². The number of aromatic nitrogens is 2. The van der Waals surface area contributed by atoms with E-state index >= 15 is 0 Å². The molecule has 0 radical (unpaired) electrons. The van der Waals surface area contributed by atoms with E-state index in [1.54, 1.807) is 13.2 Å². The first-order valence-electron chi connectivity index (χ1n) is 6.68. The summed E-state index contributed by atoms with van der Waals surface area (Å²) in [5.74, 6) is 1.31. The number of anilines is 1. The number of likely N-dealkylation sites (N-methyl/N-ethyl adjacent to an activating group) is 1. The minimum absolute atomic E-state index is 0.374. The fourth-order valence-electron chi connectivity index (χ4n) is 1.55. The number of nitrogens with one attached hydrogen (secondary N) is 1. The zero-order valence-electron chi connectivity index (χ0n) is 12.4. The molecule has 20 heavy (non-hydrogen) atoms. The van der Waals surface area contributed by atoms with Crippen molar-refractivity contribution in [2.45, 2.75) is 13.5 Å². The molecule has 0 spiro atoms. The summed E-state index contributed by atoms with van der Waals surface area (Å²) in [6.45, 7) is 6.24. The summed E-state index contributed by atoms with van der Waals surface area (Å²) in [5.41, 5.74) is 0. The van der Waals surface area contributed by atoms with Crippen LogP contribution in [0.3, 0.4) is 0 Å². The third-order valence-corrected chi connectivity index (χ3v) is 2.85. The predicted octanol–water partition coefficient (Wildman–Crippen LogP) is 1.66. The molecule has 1 N–H and O–H groups in total. The van der Waals surface area contributed by atoms with Crippen LogP contribution in [0.4, 0.5) is 5.82 Å². The Balaban J connectivity index is 2.40. The lowest BCUT2D eigenvalue weighted by molar-refractivity contribution is 0.128. The quantitative estimate of drug-likeness (QED) is 0.663. The third-order valence-electron chi connectivity index (χ3n) is 2.65. The van der Waals surface area contributed by atoms with E-state index in [2.05, 4.69) is 20.2 Å². The maximum Gasteiger partial charge on any atom is 0.158 e. The van der Waals surface area contributed by atoms with Gasteiger partial charge in [-0.05, 0) is 14.0 Å². The molecule has 0 bridgehead atoms. The fraction of sp³-hybridized carbons (Fsp3) is 0.692. The van der Waals surface area contributed by atoms with Gasteiger partial charge in [-0.3, -0.25) is 0 Å². The number of hydrogen-bond donors (Lipinski definition) is 1. The van der Waals surface area contributed by atoms with Crippen molar-refractivity contribution < 1.29 is 9.47 Å². The molecule has 0 atom stereocenters. The van der Waals surface area contributed by atoms with Crippen molar-refractivity contribution in [2.75, 3.05) is 52.3 Å². The maximum atomic E-state index is 5.97. The highest BCUT2D eigenvalue weighted by molar-refractivity contribution is 6.29. The lowest BCUT2D eigenvalue weighted by Crippen LogP contribution is -2.28. The van der Waals surface area contributed by atoms with Gasteiger partial charge in [0.25, 0.3) is 0 Å². The largest absolute Gasteiger partial charge is 0.383 e. The van der Waals surface area contributed by atoms with Gasteiger partial charge in [0.1, 0.15) is 17.6 Å². The van der Waals surface area contributed by atoms with E-state index in [0.717, 1.165) is 32.1 Å². The molecule has 114 valence electrons. The van der Waals surface area contributed by atoms with Gasteiger partial charge in [-0.15, -0.1) is 0 Å². The average Bonchev–Trinajstić information content (AvgIpc) is 2.42. The SMILES string of the molecule is CCOCc1nc(Cl)cc(NCCN(C)CCOC)n1. The number of halogens is 1. The van der Waals surface area contributed by atoms with Crippen LogP contribution in [0.1, 0.15) is 12.7 Å². The average molecular weight is 303 g/mol. The number of ether oxygens (including phenoxy) is 2. The van der Waals surface area contributed by atoms with Gasteiger partial charge < -0.3 is 19.7 Å². The smallest absolute Gasteiger partial charge is 0.158 e. The second-order valence-corrected chi connectivity index (χ2v) is 4.74. The number of hydrogen-bond acceptors (Lipinski definition) is 6. The van der Waals surface area contributed by atoms with Gasteiger partial charge >= 0.3 is 0 Å². The number of nitrogens with zero attached hydrogens (tertiary/aromatic N) is 3. The minimum Gasteiger partial charge on any atom is -0.383 e. The van der Waals surface area contributed by atoms with E-state index in [1.807, 2.05) is 14.0 Å². The van der Waals surface area contributed by atoms with Crippen molar-refractivity contribution in [2.24, 2.45) is 0 Å². The van der Waals surface area contributed by atoms with Crippen molar-refractivity contribution >= 4 is 17.4 Å². The summed E-state index contributed by atoms with van der Waals surface area (Å²) in [4.78, 5) is 10.7. The molecule has 1 aromatic heterocycles. The zero-order valence-corrected chi connectivity index (χ0v) is 13.1. The maximum absolute atomic E-state index is 5.97. The summed E-state index contributed by atoms with van der Waals surface area (Å²) in [6, 6.07) is 1.71. The van der Waals surface area contributed by atoms with Crippen molar-refractivity contribution in [3.8, 4) is 0 Å². The summed E-state index contributed by atoms with van der Waals surface area (Å²) < 4.78 is 10.3. The lowest BCUT2D eigenvalue weighted by atomic mass is 10.4. The molecule has 0 aliphatic heterocycles. The summed E-state index contributed by atoms with van der Waals surface area (Å²) in [6.07, 6.45) is 0. The van der Waals surface area contributed by atoms with E-state index in [1.165, 1.54) is 0 Å². The van der Waals surface area contributed by atoms with Crippen LogP contribution in [-0.2, 0) is 16.1 Å².